The van der Waals surface area contributed by atoms with Crippen molar-refractivity contribution in [2.45, 2.75) is 19.4 Å². The fourth-order valence-electron chi connectivity index (χ4n) is 1.42. The maximum absolute atomic E-state index is 5.91. The van der Waals surface area contributed by atoms with Crippen LogP contribution in [0.25, 0.3) is 0 Å². The number of halogens is 1. The van der Waals surface area contributed by atoms with E-state index in [2.05, 4.69) is 16.3 Å². The van der Waals surface area contributed by atoms with Crippen molar-refractivity contribution in [1.29, 1.82) is 0 Å². The van der Waals surface area contributed by atoms with Crippen LogP contribution in [-0.4, -0.2) is 10.2 Å². The summed E-state index contributed by atoms with van der Waals surface area (Å²) in [6.07, 6.45) is 1.82. The van der Waals surface area contributed by atoms with Gasteiger partial charge in [0.1, 0.15) is 10.0 Å². The Bertz CT molecular complexity index is 470. The molecule has 0 atom stereocenters. The molecule has 1 aromatic heterocycles. The van der Waals surface area contributed by atoms with Crippen LogP contribution in [0.5, 0.6) is 0 Å². The first-order chi connectivity index (χ1) is 7.78. The van der Waals surface area contributed by atoms with Gasteiger partial charge in [0.15, 0.2) is 0 Å². The van der Waals surface area contributed by atoms with E-state index in [1.807, 2.05) is 18.2 Å². The van der Waals surface area contributed by atoms with Crippen molar-refractivity contribution in [2.24, 2.45) is 5.73 Å². The molecule has 0 unspecified atom stereocenters. The summed E-state index contributed by atoms with van der Waals surface area (Å²) >= 11 is 7.49. The summed E-state index contributed by atoms with van der Waals surface area (Å²) in [7, 11) is 0. The Morgan fingerprint density at radius 3 is 2.69 bits per heavy atom. The first-order valence-electron chi connectivity index (χ1n) is 5.03. The molecule has 0 spiro atoms. The highest BCUT2D eigenvalue weighted by Crippen LogP contribution is 2.15. The molecule has 0 aliphatic rings. The summed E-state index contributed by atoms with van der Waals surface area (Å²) in [6, 6.07) is 7.88. The van der Waals surface area contributed by atoms with Gasteiger partial charge in [-0.25, -0.2) is 0 Å². The summed E-state index contributed by atoms with van der Waals surface area (Å²) in [5.74, 6) is 0. The van der Waals surface area contributed by atoms with Gasteiger partial charge in [0.25, 0.3) is 0 Å². The molecule has 0 aliphatic carbocycles. The molecule has 1 heterocycles. The van der Waals surface area contributed by atoms with Gasteiger partial charge >= 0.3 is 0 Å². The largest absolute Gasteiger partial charge is 0.324 e. The Kier molecular flexibility index (Phi) is 3.88. The van der Waals surface area contributed by atoms with Gasteiger partial charge in [-0.15, -0.1) is 21.5 Å². The maximum Gasteiger partial charge on any atom is 0.131 e. The van der Waals surface area contributed by atoms with E-state index >= 15 is 0 Å². The molecular formula is C11H12ClN3S. The van der Waals surface area contributed by atoms with Gasteiger partial charge in [0.2, 0.25) is 0 Å². The van der Waals surface area contributed by atoms with Gasteiger partial charge in [-0.3, -0.25) is 0 Å². The average Bonchev–Trinajstić information content (AvgIpc) is 2.74. The van der Waals surface area contributed by atoms with Crippen LogP contribution in [0.1, 0.15) is 15.6 Å². The summed E-state index contributed by atoms with van der Waals surface area (Å²) < 4.78 is 0. The van der Waals surface area contributed by atoms with Crippen molar-refractivity contribution >= 4 is 22.9 Å². The number of aryl methyl sites for hydroxylation is 2. The van der Waals surface area contributed by atoms with E-state index in [0.29, 0.717) is 6.54 Å². The molecule has 0 saturated carbocycles. The van der Waals surface area contributed by atoms with Crippen molar-refractivity contribution in [1.82, 2.24) is 10.2 Å². The zero-order valence-corrected chi connectivity index (χ0v) is 10.3. The zero-order valence-electron chi connectivity index (χ0n) is 8.69. The van der Waals surface area contributed by atoms with Crippen molar-refractivity contribution < 1.29 is 0 Å². The molecular weight excluding hydrogens is 242 g/mol. The van der Waals surface area contributed by atoms with Crippen LogP contribution >= 0.6 is 22.9 Å². The third-order valence-electron chi connectivity index (χ3n) is 2.20. The highest BCUT2D eigenvalue weighted by Gasteiger charge is 2.03. The molecule has 0 saturated heterocycles. The van der Waals surface area contributed by atoms with E-state index < -0.39 is 0 Å². The van der Waals surface area contributed by atoms with Crippen LogP contribution in [0.15, 0.2) is 24.3 Å². The lowest BCUT2D eigenvalue weighted by Gasteiger charge is -1.98. The maximum atomic E-state index is 5.91. The second-order valence-electron chi connectivity index (χ2n) is 3.42. The van der Waals surface area contributed by atoms with E-state index in [0.717, 1.165) is 27.9 Å². The van der Waals surface area contributed by atoms with E-state index in [4.69, 9.17) is 17.3 Å². The van der Waals surface area contributed by atoms with Crippen molar-refractivity contribution in [3.05, 3.63) is 44.9 Å². The fourth-order valence-corrected chi connectivity index (χ4v) is 2.35. The minimum absolute atomic E-state index is 0.467. The third-order valence-corrected chi connectivity index (χ3v) is 3.44. The standard InChI is InChI=1S/C11H12ClN3S/c12-9-3-1-2-8(6-9)4-5-10-14-15-11(7-13)16-10/h1-3,6H,4-5,7,13H2. The van der Waals surface area contributed by atoms with E-state index in [-0.39, 0.29) is 0 Å². The quantitative estimate of drug-likeness (QED) is 0.911. The fraction of sp³-hybridized carbons (Fsp3) is 0.273. The van der Waals surface area contributed by atoms with E-state index in [1.165, 1.54) is 5.56 Å². The highest BCUT2D eigenvalue weighted by atomic mass is 35.5. The Labute approximate surface area is 103 Å². The van der Waals surface area contributed by atoms with Crippen LogP contribution < -0.4 is 5.73 Å². The minimum Gasteiger partial charge on any atom is -0.324 e. The number of benzene rings is 1. The number of hydrogen-bond acceptors (Lipinski definition) is 4. The van der Waals surface area contributed by atoms with Crippen LogP contribution in [0.4, 0.5) is 0 Å². The Morgan fingerprint density at radius 2 is 2.00 bits per heavy atom. The van der Waals surface area contributed by atoms with Gasteiger partial charge < -0.3 is 5.73 Å². The normalized spacial score (nSPS) is 10.6. The highest BCUT2D eigenvalue weighted by molar-refractivity contribution is 7.11. The molecule has 0 radical (unpaired) electrons. The zero-order chi connectivity index (χ0) is 11.4. The van der Waals surface area contributed by atoms with Crippen molar-refractivity contribution in [3.8, 4) is 0 Å². The lowest BCUT2D eigenvalue weighted by Crippen LogP contribution is -1.94. The molecule has 5 heteroatoms. The van der Waals surface area contributed by atoms with Gasteiger partial charge in [-0.2, -0.15) is 0 Å². The molecule has 0 bridgehead atoms. The SMILES string of the molecule is NCc1nnc(CCc2cccc(Cl)c2)s1. The molecule has 2 aromatic rings. The topological polar surface area (TPSA) is 51.8 Å². The Morgan fingerprint density at radius 1 is 1.19 bits per heavy atom. The molecule has 0 aliphatic heterocycles. The molecule has 84 valence electrons. The lowest BCUT2D eigenvalue weighted by molar-refractivity contribution is 0.882. The van der Waals surface area contributed by atoms with Crippen LogP contribution in [0, 0.1) is 0 Å². The smallest absolute Gasteiger partial charge is 0.131 e. The first kappa shape index (κ1) is 11.5. The molecule has 0 amide bonds. The Hall–Kier alpha value is -0.970. The predicted octanol–water partition coefficient (Wildman–Crippen LogP) is 2.44. The molecule has 2 rings (SSSR count). The van der Waals surface area contributed by atoms with E-state index in [1.54, 1.807) is 11.3 Å². The minimum atomic E-state index is 0.467. The van der Waals surface area contributed by atoms with Crippen molar-refractivity contribution in [2.75, 3.05) is 0 Å². The van der Waals surface area contributed by atoms with Gasteiger partial charge in [-0.05, 0) is 24.1 Å². The Balaban J connectivity index is 1.96. The molecule has 1 aromatic carbocycles. The second kappa shape index (κ2) is 5.39. The summed E-state index contributed by atoms with van der Waals surface area (Å²) in [4.78, 5) is 0. The number of hydrogen-bond donors (Lipinski definition) is 1. The molecule has 2 N–H and O–H groups in total. The van der Waals surface area contributed by atoms with Crippen LogP contribution in [-0.2, 0) is 19.4 Å². The lowest BCUT2D eigenvalue weighted by atomic mass is 10.1. The predicted molar refractivity (Wildman–Crippen MR) is 66.7 cm³/mol. The van der Waals surface area contributed by atoms with E-state index in [9.17, 15) is 0 Å². The van der Waals surface area contributed by atoms with Crippen molar-refractivity contribution in [3.63, 3.8) is 0 Å². The average molecular weight is 254 g/mol. The molecule has 0 fully saturated rings. The number of nitrogens with two attached hydrogens (primary N) is 1. The summed E-state index contributed by atoms with van der Waals surface area (Å²) in [5.41, 5.74) is 6.70. The first-order valence-corrected chi connectivity index (χ1v) is 6.23. The van der Waals surface area contributed by atoms with Gasteiger partial charge in [0, 0.05) is 18.0 Å². The van der Waals surface area contributed by atoms with Crippen LogP contribution in [0.2, 0.25) is 5.02 Å². The summed E-state index contributed by atoms with van der Waals surface area (Å²) in [5, 5.41) is 10.8. The number of nitrogens with zero attached hydrogens (tertiary/aromatic N) is 2. The molecule has 3 nitrogen and oxygen atoms in total. The third kappa shape index (κ3) is 3.01. The second-order valence-corrected chi connectivity index (χ2v) is 5.01. The monoisotopic (exact) mass is 253 g/mol. The van der Waals surface area contributed by atoms with Gasteiger partial charge in [-0.1, -0.05) is 23.7 Å². The number of aromatic nitrogens is 2. The number of rotatable bonds is 4. The molecule has 16 heavy (non-hydrogen) atoms. The van der Waals surface area contributed by atoms with Gasteiger partial charge in [0.05, 0.1) is 0 Å². The summed E-state index contributed by atoms with van der Waals surface area (Å²) in [6.45, 7) is 0.467. The van der Waals surface area contributed by atoms with Crippen LogP contribution in [0.3, 0.4) is 0 Å².